The molecule has 0 saturated carbocycles. The minimum absolute atomic E-state index is 0.261. The standard InChI is InChI=1S/C12H19NO2S/c1-10(9-16(3)14)13-8-11-5-4-6-12(7-11)15-2/h4-7,10,13H,8-9H2,1-3H3. The molecule has 0 aliphatic rings. The van der Waals surface area contributed by atoms with Crippen LogP contribution in [-0.4, -0.2) is 29.4 Å². The maximum absolute atomic E-state index is 11.0. The summed E-state index contributed by atoms with van der Waals surface area (Å²) in [6, 6.07) is 8.21. The topological polar surface area (TPSA) is 38.3 Å². The van der Waals surface area contributed by atoms with Gasteiger partial charge in [-0.1, -0.05) is 12.1 Å². The first-order chi connectivity index (χ1) is 7.61. The van der Waals surface area contributed by atoms with Crippen molar-refractivity contribution >= 4 is 10.8 Å². The lowest BCUT2D eigenvalue weighted by Crippen LogP contribution is -2.30. The lowest BCUT2D eigenvalue weighted by molar-refractivity contribution is 0.414. The molecule has 0 radical (unpaired) electrons. The van der Waals surface area contributed by atoms with Gasteiger partial charge in [-0.25, -0.2) is 0 Å². The van der Waals surface area contributed by atoms with Crippen LogP contribution < -0.4 is 10.1 Å². The Morgan fingerprint density at radius 2 is 2.25 bits per heavy atom. The van der Waals surface area contributed by atoms with Crippen LogP contribution >= 0.6 is 0 Å². The summed E-state index contributed by atoms with van der Waals surface area (Å²) in [7, 11) is 0.915. The molecule has 2 unspecified atom stereocenters. The zero-order valence-electron chi connectivity index (χ0n) is 10.0. The number of hydrogen-bond acceptors (Lipinski definition) is 3. The Morgan fingerprint density at radius 3 is 2.88 bits per heavy atom. The van der Waals surface area contributed by atoms with Crippen LogP contribution in [0.25, 0.3) is 0 Å². The van der Waals surface area contributed by atoms with Gasteiger partial charge in [-0.3, -0.25) is 4.21 Å². The van der Waals surface area contributed by atoms with Gasteiger partial charge < -0.3 is 10.1 Å². The van der Waals surface area contributed by atoms with Gasteiger partial charge in [0.25, 0.3) is 0 Å². The van der Waals surface area contributed by atoms with Crippen molar-refractivity contribution in [2.24, 2.45) is 0 Å². The minimum atomic E-state index is -0.747. The van der Waals surface area contributed by atoms with Crippen molar-refractivity contribution in [2.45, 2.75) is 19.5 Å². The van der Waals surface area contributed by atoms with Crippen molar-refractivity contribution < 1.29 is 8.95 Å². The first kappa shape index (κ1) is 13.2. The van der Waals surface area contributed by atoms with E-state index in [0.29, 0.717) is 5.75 Å². The first-order valence-electron chi connectivity index (χ1n) is 5.28. The molecule has 4 heteroatoms. The Bertz CT molecular complexity index is 355. The Labute approximate surface area is 99.7 Å². The molecule has 0 saturated heterocycles. The summed E-state index contributed by atoms with van der Waals surface area (Å²) in [5.41, 5.74) is 1.17. The highest BCUT2D eigenvalue weighted by Gasteiger charge is 2.03. The summed E-state index contributed by atoms with van der Waals surface area (Å²) in [6.07, 6.45) is 1.73. The molecule has 2 atom stereocenters. The van der Waals surface area contributed by atoms with Crippen LogP contribution in [0.3, 0.4) is 0 Å². The van der Waals surface area contributed by atoms with Crippen LogP contribution in [0.15, 0.2) is 24.3 Å². The maximum Gasteiger partial charge on any atom is 0.119 e. The monoisotopic (exact) mass is 241 g/mol. The zero-order chi connectivity index (χ0) is 12.0. The van der Waals surface area contributed by atoms with E-state index in [9.17, 15) is 4.21 Å². The number of benzene rings is 1. The lowest BCUT2D eigenvalue weighted by Gasteiger charge is -2.12. The number of rotatable bonds is 6. The molecule has 0 bridgehead atoms. The maximum atomic E-state index is 11.0. The summed E-state index contributed by atoms with van der Waals surface area (Å²) in [5, 5.41) is 3.33. The highest BCUT2D eigenvalue weighted by Crippen LogP contribution is 2.12. The van der Waals surface area contributed by atoms with Crippen molar-refractivity contribution in [2.75, 3.05) is 19.1 Å². The van der Waals surface area contributed by atoms with E-state index >= 15 is 0 Å². The summed E-state index contributed by atoms with van der Waals surface area (Å²) in [5.74, 6) is 1.55. The summed E-state index contributed by atoms with van der Waals surface area (Å²) in [6.45, 7) is 2.82. The van der Waals surface area contributed by atoms with Gasteiger partial charge in [-0.2, -0.15) is 0 Å². The van der Waals surface area contributed by atoms with E-state index in [2.05, 4.69) is 5.32 Å². The van der Waals surface area contributed by atoms with Crippen molar-refractivity contribution in [3.63, 3.8) is 0 Å². The Balaban J connectivity index is 2.44. The fourth-order valence-electron chi connectivity index (χ4n) is 1.49. The second-order valence-electron chi connectivity index (χ2n) is 3.87. The molecule has 0 aliphatic carbocycles. The molecular formula is C12H19NO2S. The molecule has 3 nitrogen and oxygen atoms in total. The SMILES string of the molecule is COc1cccc(CNC(C)CS(C)=O)c1. The third-order valence-corrected chi connectivity index (χ3v) is 3.24. The smallest absolute Gasteiger partial charge is 0.119 e. The average molecular weight is 241 g/mol. The van der Waals surface area contributed by atoms with Crippen LogP contribution in [0.5, 0.6) is 5.75 Å². The van der Waals surface area contributed by atoms with Crippen LogP contribution in [0, 0.1) is 0 Å². The zero-order valence-corrected chi connectivity index (χ0v) is 10.8. The summed E-state index contributed by atoms with van der Waals surface area (Å²) in [4.78, 5) is 0. The van der Waals surface area contributed by atoms with Gasteiger partial charge in [0.1, 0.15) is 5.75 Å². The average Bonchev–Trinajstić information content (AvgIpc) is 2.26. The molecule has 0 fully saturated rings. The minimum Gasteiger partial charge on any atom is -0.497 e. The van der Waals surface area contributed by atoms with Crippen LogP contribution in [-0.2, 0) is 17.3 Å². The van der Waals surface area contributed by atoms with Gasteiger partial charge >= 0.3 is 0 Å². The van der Waals surface area contributed by atoms with Crippen molar-refractivity contribution in [3.8, 4) is 5.75 Å². The lowest BCUT2D eigenvalue weighted by atomic mass is 10.2. The molecule has 1 N–H and O–H groups in total. The van der Waals surface area contributed by atoms with Gasteiger partial charge in [0, 0.05) is 35.4 Å². The van der Waals surface area contributed by atoms with Crippen LogP contribution in [0.1, 0.15) is 12.5 Å². The van der Waals surface area contributed by atoms with E-state index < -0.39 is 10.8 Å². The Kier molecular flexibility index (Phi) is 5.49. The van der Waals surface area contributed by atoms with E-state index in [-0.39, 0.29) is 6.04 Å². The van der Waals surface area contributed by atoms with Gasteiger partial charge in [0.15, 0.2) is 0 Å². The van der Waals surface area contributed by atoms with Gasteiger partial charge in [-0.15, -0.1) is 0 Å². The predicted octanol–water partition coefficient (Wildman–Crippen LogP) is 1.55. The molecule has 1 rings (SSSR count). The number of methoxy groups -OCH3 is 1. The summed E-state index contributed by atoms with van der Waals surface area (Å²) >= 11 is 0. The molecule has 0 heterocycles. The Hall–Kier alpha value is -0.870. The molecule has 0 aromatic heterocycles. The number of nitrogens with one attached hydrogen (secondary N) is 1. The number of hydrogen-bond donors (Lipinski definition) is 1. The third kappa shape index (κ3) is 4.77. The van der Waals surface area contributed by atoms with Gasteiger partial charge in [-0.05, 0) is 24.6 Å². The van der Waals surface area contributed by atoms with E-state index in [0.717, 1.165) is 12.3 Å². The quantitative estimate of drug-likeness (QED) is 0.821. The van der Waals surface area contributed by atoms with Crippen LogP contribution in [0.4, 0.5) is 0 Å². The normalized spacial score (nSPS) is 14.4. The molecular weight excluding hydrogens is 222 g/mol. The molecule has 0 amide bonds. The van der Waals surface area contributed by atoms with Crippen molar-refractivity contribution in [3.05, 3.63) is 29.8 Å². The molecule has 1 aromatic carbocycles. The van der Waals surface area contributed by atoms with E-state index in [1.54, 1.807) is 13.4 Å². The van der Waals surface area contributed by atoms with Crippen molar-refractivity contribution in [1.82, 2.24) is 5.32 Å². The van der Waals surface area contributed by atoms with Crippen molar-refractivity contribution in [1.29, 1.82) is 0 Å². The molecule has 0 aliphatic heterocycles. The second kappa shape index (κ2) is 6.66. The summed E-state index contributed by atoms with van der Waals surface area (Å²) < 4.78 is 16.2. The molecule has 0 spiro atoms. The second-order valence-corrected chi connectivity index (χ2v) is 5.35. The highest BCUT2D eigenvalue weighted by atomic mass is 32.2. The molecule has 90 valence electrons. The van der Waals surface area contributed by atoms with Gasteiger partial charge in [0.2, 0.25) is 0 Å². The largest absolute Gasteiger partial charge is 0.497 e. The fourth-order valence-corrected chi connectivity index (χ4v) is 2.31. The highest BCUT2D eigenvalue weighted by molar-refractivity contribution is 7.84. The number of ether oxygens (including phenoxy) is 1. The predicted molar refractivity (Wildman–Crippen MR) is 68.2 cm³/mol. The first-order valence-corrected chi connectivity index (χ1v) is 7.01. The molecule has 1 aromatic rings. The Morgan fingerprint density at radius 1 is 1.50 bits per heavy atom. The van der Waals surface area contributed by atoms with E-state index in [1.165, 1.54) is 5.56 Å². The van der Waals surface area contributed by atoms with Crippen LogP contribution in [0.2, 0.25) is 0 Å². The third-order valence-electron chi connectivity index (χ3n) is 2.27. The molecule has 16 heavy (non-hydrogen) atoms. The van der Waals surface area contributed by atoms with E-state index in [1.807, 2.05) is 31.2 Å². The fraction of sp³-hybridized carbons (Fsp3) is 0.500. The van der Waals surface area contributed by atoms with Gasteiger partial charge in [0.05, 0.1) is 7.11 Å². The van der Waals surface area contributed by atoms with E-state index in [4.69, 9.17) is 4.74 Å².